The van der Waals surface area contributed by atoms with Crippen molar-refractivity contribution in [2.45, 2.75) is 44.6 Å². The minimum absolute atomic E-state index is 0.250. The van der Waals surface area contributed by atoms with E-state index in [1.54, 1.807) is 6.20 Å². The van der Waals surface area contributed by atoms with E-state index in [1.165, 1.54) is 24.0 Å². The fraction of sp³-hybridized carbons (Fsp3) is 0.500. The van der Waals surface area contributed by atoms with Crippen LogP contribution in [0.5, 0.6) is 0 Å². The molecule has 1 aliphatic carbocycles. The van der Waals surface area contributed by atoms with Crippen molar-refractivity contribution in [1.82, 2.24) is 4.98 Å². The lowest BCUT2D eigenvalue weighted by atomic mass is 9.92. The number of nitrogens with zero attached hydrogens (tertiary/aromatic N) is 1. The number of aliphatic hydroxyl groups is 1. The van der Waals surface area contributed by atoms with E-state index in [4.69, 9.17) is 0 Å². The summed E-state index contributed by atoms with van der Waals surface area (Å²) in [5.41, 5.74) is 2.45. The Morgan fingerprint density at radius 3 is 3.00 bits per heavy atom. The second-order valence-corrected chi connectivity index (χ2v) is 4.44. The first kappa shape index (κ1) is 11.3. The molecule has 0 aromatic carbocycles. The fourth-order valence-corrected chi connectivity index (χ4v) is 2.20. The van der Waals surface area contributed by atoms with Gasteiger partial charge in [-0.3, -0.25) is 4.98 Å². The first-order valence-corrected chi connectivity index (χ1v) is 6.12. The van der Waals surface area contributed by atoms with Crippen LogP contribution >= 0.6 is 0 Å². The molecule has 2 rings (SSSR count). The maximum Gasteiger partial charge on any atom is 0.0753 e. The number of aryl methyl sites for hydroxylation is 1. The predicted molar refractivity (Wildman–Crippen MR) is 65.1 cm³/mol. The van der Waals surface area contributed by atoms with Crippen LogP contribution < -0.4 is 0 Å². The molecule has 2 nitrogen and oxygen atoms in total. The Hall–Kier alpha value is -1.15. The van der Waals surface area contributed by atoms with Crippen molar-refractivity contribution in [3.05, 3.63) is 41.7 Å². The summed E-state index contributed by atoms with van der Waals surface area (Å²) in [4.78, 5) is 4.08. The molecule has 2 heteroatoms. The average molecular weight is 217 g/mol. The van der Waals surface area contributed by atoms with E-state index < -0.39 is 0 Å². The number of hydrogen-bond acceptors (Lipinski definition) is 2. The van der Waals surface area contributed by atoms with Crippen LogP contribution in [0.4, 0.5) is 0 Å². The minimum atomic E-state index is -0.250. The number of hydrogen-bond donors (Lipinski definition) is 1. The molecule has 86 valence electrons. The first-order valence-electron chi connectivity index (χ1n) is 6.12. The monoisotopic (exact) mass is 217 g/mol. The van der Waals surface area contributed by atoms with E-state index in [0.717, 1.165) is 25.7 Å². The maximum absolute atomic E-state index is 10.0. The topological polar surface area (TPSA) is 33.1 Å². The van der Waals surface area contributed by atoms with Crippen LogP contribution in [0, 0.1) is 0 Å². The van der Waals surface area contributed by atoms with Gasteiger partial charge in [-0.1, -0.05) is 12.1 Å². The highest BCUT2D eigenvalue weighted by Crippen LogP contribution is 2.22. The second-order valence-electron chi connectivity index (χ2n) is 4.44. The molecule has 0 aliphatic heterocycles. The molecule has 0 fully saturated rings. The van der Waals surface area contributed by atoms with E-state index in [2.05, 4.69) is 17.1 Å². The van der Waals surface area contributed by atoms with Crippen molar-refractivity contribution in [2.75, 3.05) is 0 Å². The molecule has 1 atom stereocenters. The summed E-state index contributed by atoms with van der Waals surface area (Å²) in [5, 5.41) is 10.0. The fourth-order valence-electron chi connectivity index (χ4n) is 2.20. The van der Waals surface area contributed by atoms with Gasteiger partial charge >= 0.3 is 0 Å². The highest BCUT2D eigenvalue weighted by molar-refractivity contribution is 5.13. The van der Waals surface area contributed by atoms with E-state index in [1.807, 2.05) is 12.3 Å². The summed E-state index contributed by atoms with van der Waals surface area (Å²) in [6.45, 7) is 0. The zero-order valence-corrected chi connectivity index (χ0v) is 9.60. The Balaban J connectivity index is 1.83. The smallest absolute Gasteiger partial charge is 0.0753 e. The van der Waals surface area contributed by atoms with Gasteiger partial charge in [-0.15, -0.1) is 0 Å². The van der Waals surface area contributed by atoms with Gasteiger partial charge < -0.3 is 5.11 Å². The normalized spacial score (nSPS) is 17.9. The van der Waals surface area contributed by atoms with Crippen molar-refractivity contribution in [2.24, 2.45) is 0 Å². The lowest BCUT2D eigenvalue weighted by Crippen LogP contribution is -2.13. The van der Waals surface area contributed by atoms with Crippen LogP contribution in [0.1, 0.15) is 37.7 Å². The maximum atomic E-state index is 10.0. The van der Waals surface area contributed by atoms with E-state index in [0.29, 0.717) is 0 Å². The lowest BCUT2D eigenvalue weighted by molar-refractivity contribution is 0.194. The van der Waals surface area contributed by atoms with Crippen molar-refractivity contribution >= 4 is 0 Å². The molecule has 1 N–H and O–H groups in total. The van der Waals surface area contributed by atoms with Gasteiger partial charge in [0, 0.05) is 12.4 Å². The third-order valence-electron chi connectivity index (χ3n) is 3.18. The molecule has 1 aromatic heterocycles. The van der Waals surface area contributed by atoms with E-state index in [-0.39, 0.29) is 6.10 Å². The van der Waals surface area contributed by atoms with Crippen LogP contribution in [0.15, 0.2) is 36.2 Å². The summed E-state index contributed by atoms with van der Waals surface area (Å²) < 4.78 is 0. The van der Waals surface area contributed by atoms with Gasteiger partial charge in [-0.05, 0) is 55.7 Å². The van der Waals surface area contributed by atoms with Crippen LogP contribution in [0.2, 0.25) is 0 Å². The molecule has 0 radical (unpaired) electrons. The zero-order chi connectivity index (χ0) is 11.2. The van der Waals surface area contributed by atoms with Crippen LogP contribution in [-0.2, 0) is 6.42 Å². The molecule has 16 heavy (non-hydrogen) atoms. The van der Waals surface area contributed by atoms with Crippen molar-refractivity contribution in [3.63, 3.8) is 0 Å². The van der Waals surface area contributed by atoms with Crippen molar-refractivity contribution in [1.29, 1.82) is 0 Å². The molecule has 0 bridgehead atoms. The standard InChI is InChI=1S/C14H19NO/c16-14(13-6-2-1-3-7-13)9-8-12-5-4-10-15-11-12/h4-6,10-11,14,16H,1-3,7-9H2. The lowest BCUT2D eigenvalue weighted by Gasteiger charge is -2.18. The number of aliphatic hydroxyl groups excluding tert-OH is 1. The number of allylic oxidation sites excluding steroid dienone is 1. The third-order valence-corrected chi connectivity index (χ3v) is 3.18. The van der Waals surface area contributed by atoms with Gasteiger partial charge in [0.1, 0.15) is 0 Å². The highest BCUT2D eigenvalue weighted by Gasteiger charge is 2.12. The summed E-state index contributed by atoms with van der Waals surface area (Å²) in [7, 11) is 0. The van der Waals surface area contributed by atoms with Gasteiger partial charge in [0.05, 0.1) is 6.10 Å². The quantitative estimate of drug-likeness (QED) is 0.787. The van der Waals surface area contributed by atoms with Crippen LogP contribution in [0.3, 0.4) is 0 Å². The number of rotatable bonds is 4. The van der Waals surface area contributed by atoms with Gasteiger partial charge in [-0.2, -0.15) is 0 Å². The Kier molecular flexibility index (Phi) is 4.11. The number of aromatic nitrogens is 1. The summed E-state index contributed by atoms with van der Waals surface area (Å²) in [6, 6.07) is 4.01. The summed E-state index contributed by atoms with van der Waals surface area (Å²) in [6.07, 6.45) is 12.1. The molecular formula is C14H19NO. The Morgan fingerprint density at radius 1 is 1.38 bits per heavy atom. The summed E-state index contributed by atoms with van der Waals surface area (Å²) >= 11 is 0. The SMILES string of the molecule is OC(CCc1cccnc1)C1=CCCCC1. The Bertz CT molecular complexity index is 345. The molecular weight excluding hydrogens is 198 g/mol. The minimum Gasteiger partial charge on any atom is -0.389 e. The Labute approximate surface area is 97.0 Å². The molecule has 0 amide bonds. The molecule has 1 aliphatic rings. The number of pyridine rings is 1. The average Bonchev–Trinajstić information content (AvgIpc) is 2.38. The zero-order valence-electron chi connectivity index (χ0n) is 9.60. The molecule has 0 spiro atoms. The van der Waals surface area contributed by atoms with Crippen molar-refractivity contribution in [3.8, 4) is 0 Å². The van der Waals surface area contributed by atoms with Gasteiger partial charge in [0.2, 0.25) is 0 Å². The predicted octanol–water partition coefficient (Wildman–Crippen LogP) is 2.88. The molecule has 0 saturated heterocycles. The largest absolute Gasteiger partial charge is 0.389 e. The van der Waals surface area contributed by atoms with Crippen LogP contribution in [0.25, 0.3) is 0 Å². The molecule has 1 aromatic rings. The molecule has 1 unspecified atom stereocenters. The van der Waals surface area contributed by atoms with Gasteiger partial charge in [0.15, 0.2) is 0 Å². The molecule has 1 heterocycles. The third kappa shape index (κ3) is 3.17. The van der Waals surface area contributed by atoms with E-state index in [9.17, 15) is 5.11 Å². The molecule has 0 saturated carbocycles. The van der Waals surface area contributed by atoms with Crippen LogP contribution in [-0.4, -0.2) is 16.2 Å². The second kappa shape index (κ2) is 5.80. The highest BCUT2D eigenvalue weighted by atomic mass is 16.3. The van der Waals surface area contributed by atoms with Gasteiger partial charge in [0.25, 0.3) is 0 Å². The van der Waals surface area contributed by atoms with E-state index >= 15 is 0 Å². The first-order chi connectivity index (χ1) is 7.86. The Morgan fingerprint density at radius 2 is 2.31 bits per heavy atom. The van der Waals surface area contributed by atoms with Crippen molar-refractivity contribution < 1.29 is 5.11 Å². The van der Waals surface area contributed by atoms with Gasteiger partial charge in [-0.25, -0.2) is 0 Å². The summed E-state index contributed by atoms with van der Waals surface area (Å²) in [5.74, 6) is 0.